The first-order valence-electron chi connectivity index (χ1n) is 14.3. The van der Waals surface area contributed by atoms with E-state index in [1.165, 1.54) is 25.3 Å². The Balaban J connectivity index is 1.59. The molecule has 11 heteroatoms. The molecular formula is C33H31N5O5S. The standard InChI is InChI=1S/C33H31N5O5S/c1-3-43-29-9-5-4-8-26(29)33(37-20-18-36(19-21-37)25-14-16-35-17-15-25)27-22-24(23-34)12-13-28(27)38(32(33)39)44(40,41)31-11-7-6-10-30(31)42-2/h4-17,22H,3,18-21H2,1-2H3. The molecule has 0 aliphatic carbocycles. The lowest BCUT2D eigenvalue weighted by atomic mass is 9.80. The Labute approximate surface area is 256 Å². The largest absolute Gasteiger partial charge is 0.495 e. The number of ether oxygens (including phenoxy) is 2. The van der Waals surface area contributed by atoms with Gasteiger partial charge in [-0.15, -0.1) is 0 Å². The molecule has 2 aliphatic rings. The van der Waals surface area contributed by atoms with Crippen LogP contribution in [0.25, 0.3) is 0 Å². The first-order valence-corrected chi connectivity index (χ1v) is 15.7. The van der Waals surface area contributed by atoms with Crippen molar-refractivity contribution in [2.24, 2.45) is 0 Å². The number of carbonyl (C=O) groups excluding carboxylic acids is 1. The monoisotopic (exact) mass is 609 g/mol. The molecule has 0 saturated carbocycles. The lowest BCUT2D eigenvalue weighted by molar-refractivity contribution is -0.127. The zero-order chi connectivity index (χ0) is 30.9. The number of nitrogens with zero attached hydrogens (tertiary/aromatic N) is 5. The molecule has 1 unspecified atom stereocenters. The number of pyridine rings is 1. The molecule has 1 atom stereocenters. The highest BCUT2D eigenvalue weighted by molar-refractivity contribution is 7.93. The van der Waals surface area contributed by atoms with Crippen LogP contribution >= 0.6 is 0 Å². The predicted molar refractivity (Wildman–Crippen MR) is 165 cm³/mol. The average molecular weight is 610 g/mol. The highest BCUT2D eigenvalue weighted by atomic mass is 32.2. The molecule has 10 nitrogen and oxygen atoms in total. The van der Waals surface area contributed by atoms with Gasteiger partial charge in [0.1, 0.15) is 16.4 Å². The summed E-state index contributed by atoms with van der Waals surface area (Å²) in [5.74, 6) is -0.0866. The van der Waals surface area contributed by atoms with Crippen molar-refractivity contribution in [2.45, 2.75) is 17.4 Å². The first-order chi connectivity index (χ1) is 21.4. The predicted octanol–water partition coefficient (Wildman–Crippen LogP) is 4.16. The minimum absolute atomic E-state index is 0.119. The van der Waals surface area contributed by atoms with E-state index < -0.39 is 21.5 Å². The van der Waals surface area contributed by atoms with E-state index in [0.29, 0.717) is 55.2 Å². The summed E-state index contributed by atoms with van der Waals surface area (Å²) in [6, 6.07) is 24.2. The molecule has 6 rings (SSSR count). The quantitative estimate of drug-likeness (QED) is 0.290. The summed E-state index contributed by atoms with van der Waals surface area (Å²) in [5.41, 5.74) is 0.814. The van der Waals surface area contributed by atoms with Crippen LogP contribution in [0, 0.1) is 11.3 Å². The normalized spacial score (nSPS) is 18.5. The van der Waals surface area contributed by atoms with Gasteiger partial charge in [-0.1, -0.05) is 30.3 Å². The molecule has 4 aromatic rings. The molecule has 1 saturated heterocycles. The molecule has 0 N–H and O–H groups in total. The number of fused-ring (bicyclic) bond motifs is 1. The number of hydrogen-bond acceptors (Lipinski definition) is 9. The van der Waals surface area contributed by atoms with E-state index >= 15 is 4.79 Å². The number of methoxy groups -OCH3 is 1. The Kier molecular flexibility index (Phi) is 7.71. The fraction of sp³-hybridized carbons (Fsp3) is 0.242. The molecule has 3 heterocycles. The van der Waals surface area contributed by atoms with Gasteiger partial charge in [0.2, 0.25) is 0 Å². The van der Waals surface area contributed by atoms with E-state index in [2.05, 4.69) is 16.0 Å². The van der Waals surface area contributed by atoms with Gasteiger partial charge in [0.25, 0.3) is 15.9 Å². The fourth-order valence-corrected chi connectivity index (χ4v) is 7.87. The van der Waals surface area contributed by atoms with Crippen molar-refractivity contribution in [3.8, 4) is 17.6 Å². The van der Waals surface area contributed by atoms with Crippen LogP contribution in [0.3, 0.4) is 0 Å². The van der Waals surface area contributed by atoms with Crippen molar-refractivity contribution >= 4 is 27.3 Å². The molecule has 1 amide bonds. The van der Waals surface area contributed by atoms with Crippen LogP contribution in [-0.2, 0) is 20.4 Å². The van der Waals surface area contributed by atoms with E-state index in [9.17, 15) is 13.7 Å². The highest BCUT2D eigenvalue weighted by Crippen LogP contribution is 2.53. The number of benzene rings is 3. The second-order valence-electron chi connectivity index (χ2n) is 10.4. The van der Waals surface area contributed by atoms with Crippen molar-refractivity contribution < 1.29 is 22.7 Å². The van der Waals surface area contributed by atoms with E-state index in [4.69, 9.17) is 9.47 Å². The van der Waals surface area contributed by atoms with Crippen LogP contribution in [-0.4, -0.2) is 64.1 Å². The number of piperazine rings is 1. The summed E-state index contributed by atoms with van der Waals surface area (Å²) in [5, 5.41) is 9.92. The summed E-state index contributed by atoms with van der Waals surface area (Å²) < 4.78 is 41.3. The van der Waals surface area contributed by atoms with E-state index in [0.717, 1.165) is 9.99 Å². The summed E-state index contributed by atoms with van der Waals surface area (Å²) >= 11 is 0. The maximum absolute atomic E-state index is 15.2. The Morgan fingerprint density at radius 3 is 2.27 bits per heavy atom. The third-order valence-electron chi connectivity index (χ3n) is 8.17. The van der Waals surface area contributed by atoms with Gasteiger partial charge in [-0.3, -0.25) is 14.7 Å². The number of anilines is 2. The van der Waals surface area contributed by atoms with E-state index in [1.54, 1.807) is 48.8 Å². The highest BCUT2D eigenvalue weighted by Gasteiger charge is 2.60. The number of carbonyl (C=O) groups is 1. The number of amides is 1. The molecule has 3 aromatic carbocycles. The second kappa shape index (κ2) is 11.6. The topological polar surface area (TPSA) is 116 Å². The smallest absolute Gasteiger partial charge is 0.274 e. The van der Waals surface area contributed by atoms with Gasteiger partial charge in [0.15, 0.2) is 5.54 Å². The SMILES string of the molecule is CCOc1ccccc1C1(N2CCN(c3ccncc3)CC2)C(=O)N(S(=O)(=O)c2ccccc2OC)c2ccc(C#N)cc21. The minimum Gasteiger partial charge on any atom is -0.495 e. The van der Waals surface area contributed by atoms with Gasteiger partial charge in [-0.05, 0) is 55.5 Å². The number of hydrogen-bond donors (Lipinski definition) is 0. The number of sulfonamides is 1. The van der Waals surface area contributed by atoms with E-state index in [-0.39, 0.29) is 16.3 Å². The maximum atomic E-state index is 15.2. The Morgan fingerprint density at radius 2 is 1.59 bits per heavy atom. The van der Waals surface area contributed by atoms with Gasteiger partial charge in [-0.2, -0.15) is 5.26 Å². The third kappa shape index (κ3) is 4.54. The molecule has 1 aromatic heterocycles. The van der Waals surface area contributed by atoms with E-state index in [1.807, 2.05) is 36.1 Å². The Hall–Kier alpha value is -4.92. The van der Waals surface area contributed by atoms with Crippen molar-refractivity contribution in [3.63, 3.8) is 0 Å². The Bertz CT molecular complexity index is 1850. The van der Waals surface area contributed by atoms with Crippen LogP contribution in [0.4, 0.5) is 11.4 Å². The summed E-state index contributed by atoms with van der Waals surface area (Å²) in [6.45, 7) is 4.18. The first kappa shape index (κ1) is 29.2. The average Bonchev–Trinajstić information content (AvgIpc) is 3.33. The lowest BCUT2D eigenvalue weighted by Gasteiger charge is -2.46. The molecule has 224 valence electrons. The van der Waals surface area contributed by atoms with Crippen LogP contribution < -0.4 is 18.7 Å². The second-order valence-corrected chi connectivity index (χ2v) is 12.1. The zero-order valence-electron chi connectivity index (χ0n) is 24.4. The number of nitriles is 1. The number of rotatable bonds is 8. The van der Waals surface area contributed by atoms with Crippen molar-refractivity contribution in [1.82, 2.24) is 9.88 Å². The van der Waals surface area contributed by atoms with Gasteiger partial charge in [0, 0.05) is 55.4 Å². The lowest BCUT2D eigenvalue weighted by Crippen LogP contribution is -2.60. The molecule has 2 aliphatic heterocycles. The number of para-hydroxylation sites is 2. The maximum Gasteiger partial charge on any atom is 0.274 e. The van der Waals surface area contributed by atoms with Gasteiger partial charge in [0.05, 0.1) is 31.0 Å². The fourth-order valence-electron chi connectivity index (χ4n) is 6.25. The summed E-state index contributed by atoms with van der Waals surface area (Å²) in [7, 11) is -3.08. The van der Waals surface area contributed by atoms with Gasteiger partial charge < -0.3 is 14.4 Å². The minimum atomic E-state index is -4.47. The van der Waals surface area contributed by atoms with Crippen molar-refractivity contribution in [2.75, 3.05) is 49.1 Å². The zero-order valence-corrected chi connectivity index (χ0v) is 25.2. The van der Waals surface area contributed by atoms with Crippen LogP contribution in [0.15, 0.2) is 96.2 Å². The number of aromatic nitrogens is 1. The Morgan fingerprint density at radius 1 is 0.909 bits per heavy atom. The van der Waals surface area contributed by atoms with Crippen LogP contribution in [0.2, 0.25) is 0 Å². The molecule has 0 spiro atoms. The third-order valence-corrected chi connectivity index (χ3v) is 9.91. The molecular weight excluding hydrogens is 578 g/mol. The van der Waals surface area contributed by atoms with Crippen molar-refractivity contribution in [1.29, 1.82) is 5.26 Å². The summed E-state index contributed by atoms with van der Waals surface area (Å²) in [4.78, 5) is 23.4. The van der Waals surface area contributed by atoms with Crippen LogP contribution in [0.5, 0.6) is 11.5 Å². The molecule has 44 heavy (non-hydrogen) atoms. The van der Waals surface area contributed by atoms with Gasteiger partial charge >= 0.3 is 0 Å². The van der Waals surface area contributed by atoms with Crippen molar-refractivity contribution in [3.05, 3.63) is 108 Å². The van der Waals surface area contributed by atoms with Gasteiger partial charge in [-0.25, -0.2) is 12.7 Å². The molecule has 1 fully saturated rings. The van der Waals surface area contributed by atoms with Crippen LogP contribution in [0.1, 0.15) is 23.6 Å². The summed E-state index contributed by atoms with van der Waals surface area (Å²) in [6.07, 6.45) is 3.48. The molecule has 0 radical (unpaired) electrons. The molecule has 0 bridgehead atoms.